The van der Waals surface area contributed by atoms with Gasteiger partial charge in [0.2, 0.25) is 0 Å². The Hall–Kier alpha value is -2.23. The topological polar surface area (TPSA) is 327 Å². The molecule has 5 rings (SSSR count). The molecule has 1 amide bonds. The van der Waals surface area contributed by atoms with Crippen molar-refractivity contribution < 1.29 is 67.0 Å². The number of carbonyl (C=O) groups excluding carboxylic acids is 1. The third-order valence-electron chi connectivity index (χ3n) is 6.39. The standard InChI is InChI=1S/C19H25N7O14P2Se/c20-15-9-17(23-4-22-15)26(5-24-9)19-13(30)11(28)8(39-19)2-37-42(34,35)40-41(32,33)36-1-7-10(27)12(29)14(38-7)18-25-6(3-43-18)16(21)31/h3-5,7-8,10-14,19,27-30H,1-2H2,(H2,21,31)(H,32,33)(H,34,35)(H2,20,22,23). The normalized spacial score (nSPS) is 32.1. The number of rotatable bonds is 11. The van der Waals surface area contributed by atoms with E-state index in [-0.39, 0.29) is 27.2 Å². The van der Waals surface area contributed by atoms with Gasteiger partial charge in [0.1, 0.15) is 24.1 Å². The number of imidazole rings is 1. The molecular formula is C19H25N7O14P2Se. The van der Waals surface area contributed by atoms with Gasteiger partial charge < -0.3 is 20.7 Å². The Morgan fingerprint density at radius 1 is 0.977 bits per heavy atom. The van der Waals surface area contributed by atoms with Gasteiger partial charge in [-0.3, -0.25) is 4.57 Å². The number of aliphatic hydroxyl groups excluding tert-OH is 4. The molecule has 21 nitrogen and oxygen atoms in total. The summed E-state index contributed by atoms with van der Waals surface area (Å²) in [6.45, 7) is -1.78. The van der Waals surface area contributed by atoms with Crippen LogP contribution in [-0.4, -0.2) is 125 Å². The molecule has 43 heavy (non-hydrogen) atoms. The number of fused-ring (bicyclic) bond motifs is 1. The number of aliphatic hydroxyl groups is 4. The van der Waals surface area contributed by atoms with Crippen molar-refractivity contribution in [3.8, 4) is 0 Å². The molecule has 0 spiro atoms. The quantitative estimate of drug-likeness (QED) is 0.0711. The first-order valence-electron chi connectivity index (χ1n) is 12.0. The van der Waals surface area contributed by atoms with Gasteiger partial charge in [-0.15, -0.1) is 0 Å². The molecule has 5 heterocycles. The number of hydrogen-bond donors (Lipinski definition) is 8. The van der Waals surface area contributed by atoms with Crippen LogP contribution in [0.5, 0.6) is 0 Å². The molecule has 0 radical (unpaired) electrons. The minimum absolute atomic E-state index is 0.0394. The molecule has 0 aliphatic carbocycles. The summed E-state index contributed by atoms with van der Waals surface area (Å²) in [5.41, 5.74) is 11.2. The molecule has 0 saturated carbocycles. The Kier molecular flexibility index (Phi) is 9.19. The average Bonchev–Trinajstić information content (AvgIpc) is 3.70. The molecule has 3 aromatic heterocycles. The number of nitrogens with two attached hydrogens (primary N) is 2. The van der Waals surface area contributed by atoms with Gasteiger partial charge in [-0.25, -0.2) is 15.0 Å². The van der Waals surface area contributed by atoms with Crippen LogP contribution < -0.4 is 11.5 Å². The predicted molar refractivity (Wildman–Crippen MR) is 138 cm³/mol. The summed E-state index contributed by atoms with van der Waals surface area (Å²) in [6.07, 6.45) is -9.32. The Balaban J connectivity index is 1.15. The number of ether oxygens (including phenoxy) is 2. The van der Waals surface area contributed by atoms with E-state index in [9.17, 15) is 44.1 Å². The number of phosphoric ester groups is 2. The third-order valence-corrected chi connectivity index (χ3v) is 10.9. The summed E-state index contributed by atoms with van der Waals surface area (Å²) in [7, 11) is -10.7. The Morgan fingerprint density at radius 2 is 1.60 bits per heavy atom. The van der Waals surface area contributed by atoms with Crippen LogP contribution in [-0.2, 0) is 32.0 Å². The summed E-state index contributed by atoms with van der Waals surface area (Å²) in [6, 6.07) is 0. The molecular weight excluding hydrogens is 691 g/mol. The van der Waals surface area contributed by atoms with Crippen LogP contribution in [0.25, 0.3) is 11.2 Å². The van der Waals surface area contributed by atoms with Crippen molar-refractivity contribution >= 4 is 53.0 Å². The van der Waals surface area contributed by atoms with E-state index in [4.69, 9.17) is 25.5 Å². The molecule has 2 fully saturated rings. The monoisotopic (exact) mass is 717 g/mol. The minimum atomic E-state index is -5.36. The zero-order valence-corrected chi connectivity index (χ0v) is 24.9. The summed E-state index contributed by atoms with van der Waals surface area (Å²) < 4.78 is 50.9. The van der Waals surface area contributed by atoms with Crippen molar-refractivity contribution in [3.63, 3.8) is 0 Å². The fraction of sp³-hybridized carbons (Fsp3) is 0.526. The molecule has 10 N–H and O–H groups in total. The van der Waals surface area contributed by atoms with Gasteiger partial charge in [-0.1, -0.05) is 0 Å². The number of aromatic nitrogens is 5. The van der Waals surface area contributed by atoms with Crippen LogP contribution >= 0.6 is 15.6 Å². The van der Waals surface area contributed by atoms with Gasteiger partial charge in [0.25, 0.3) is 0 Å². The number of nitrogen functional groups attached to an aromatic ring is 1. The predicted octanol–water partition coefficient (Wildman–Crippen LogP) is -3.31. The number of carbonyl (C=O) groups is 1. The van der Waals surface area contributed by atoms with E-state index < -0.39 is 98.2 Å². The maximum atomic E-state index is 12.4. The Labute approximate surface area is 246 Å². The molecule has 3 aromatic rings. The van der Waals surface area contributed by atoms with E-state index >= 15 is 0 Å². The Bertz CT molecular complexity index is 1590. The number of amides is 1. The van der Waals surface area contributed by atoms with Gasteiger partial charge >= 0.3 is 158 Å². The maximum absolute atomic E-state index is 12.4. The molecule has 0 aromatic carbocycles. The SMILES string of the molecule is NC(=O)c1c[se]c(C2OC(COP(=O)(O)OP(=O)(O)OCC3OC(n4cnc5c(N)ncnc54)C(O)C3O)C(O)C2O)n1. The van der Waals surface area contributed by atoms with E-state index in [0.717, 1.165) is 6.33 Å². The molecule has 2 aliphatic rings. The molecule has 0 bridgehead atoms. The molecule has 2 aliphatic heterocycles. The number of phosphoric acid groups is 2. The van der Waals surface area contributed by atoms with Crippen molar-refractivity contribution in [1.29, 1.82) is 0 Å². The van der Waals surface area contributed by atoms with Crippen LogP contribution in [0.15, 0.2) is 17.6 Å². The molecule has 10 atom stereocenters. The fourth-order valence-electron chi connectivity index (χ4n) is 4.29. The Morgan fingerprint density at radius 3 is 2.23 bits per heavy atom. The van der Waals surface area contributed by atoms with Crippen molar-refractivity contribution in [1.82, 2.24) is 24.5 Å². The van der Waals surface area contributed by atoms with Crippen LogP contribution in [0.1, 0.15) is 27.4 Å². The van der Waals surface area contributed by atoms with Crippen molar-refractivity contribution in [2.75, 3.05) is 18.9 Å². The van der Waals surface area contributed by atoms with Gasteiger partial charge in [-0.2, -0.15) is 0 Å². The number of primary amides is 1. The van der Waals surface area contributed by atoms with E-state index in [2.05, 4.69) is 28.8 Å². The van der Waals surface area contributed by atoms with Crippen LogP contribution in [0.3, 0.4) is 0 Å². The van der Waals surface area contributed by atoms with E-state index in [1.54, 1.807) is 0 Å². The summed E-state index contributed by atoms with van der Waals surface area (Å²) in [5, 5.41) is 41.5. The first kappa shape index (κ1) is 32.2. The van der Waals surface area contributed by atoms with E-state index in [1.807, 2.05) is 0 Å². The van der Waals surface area contributed by atoms with Crippen LogP contribution in [0.4, 0.5) is 5.82 Å². The average molecular weight is 716 g/mol. The van der Waals surface area contributed by atoms with Crippen LogP contribution in [0, 0.1) is 0 Å². The van der Waals surface area contributed by atoms with Gasteiger partial charge in [0.05, 0.1) is 6.33 Å². The summed E-state index contributed by atoms with van der Waals surface area (Å²) in [4.78, 5) is 48.5. The fourth-order valence-corrected chi connectivity index (χ4v) is 8.23. The first-order chi connectivity index (χ1) is 20.2. The second-order valence-corrected chi connectivity index (χ2v) is 14.2. The molecule has 2 saturated heterocycles. The summed E-state index contributed by atoms with van der Waals surface area (Å²) in [5.74, 6) is -0.743. The van der Waals surface area contributed by atoms with Crippen molar-refractivity contribution in [2.24, 2.45) is 5.73 Å². The number of anilines is 1. The summed E-state index contributed by atoms with van der Waals surface area (Å²) >= 11 is -0.524. The molecule has 10 unspecified atom stereocenters. The van der Waals surface area contributed by atoms with Crippen LogP contribution in [0.2, 0.25) is 0 Å². The number of hydrogen-bond acceptors (Lipinski definition) is 17. The van der Waals surface area contributed by atoms with Gasteiger partial charge in [0, 0.05) is 0 Å². The zero-order chi connectivity index (χ0) is 31.3. The first-order valence-corrected chi connectivity index (χ1v) is 16.9. The zero-order valence-electron chi connectivity index (χ0n) is 21.4. The van der Waals surface area contributed by atoms with Crippen molar-refractivity contribution in [3.05, 3.63) is 27.9 Å². The van der Waals surface area contributed by atoms with E-state index in [0.29, 0.717) is 0 Å². The second kappa shape index (κ2) is 12.3. The van der Waals surface area contributed by atoms with Crippen molar-refractivity contribution in [2.45, 2.75) is 49.0 Å². The van der Waals surface area contributed by atoms with E-state index in [1.165, 1.54) is 15.8 Å². The number of nitrogens with zero attached hydrogens (tertiary/aromatic N) is 5. The molecule has 236 valence electrons. The second-order valence-electron chi connectivity index (χ2n) is 9.25. The van der Waals surface area contributed by atoms with Gasteiger partial charge in [-0.05, 0) is 0 Å². The third kappa shape index (κ3) is 6.74. The molecule has 24 heteroatoms. The van der Waals surface area contributed by atoms with Gasteiger partial charge in [0.15, 0.2) is 17.7 Å².